The zero-order chi connectivity index (χ0) is 12.6. The molecular weight excluding hydrogens is 232 g/mol. The molecule has 1 spiro atoms. The van der Waals surface area contributed by atoms with Crippen molar-refractivity contribution >= 4 is 11.9 Å². The summed E-state index contributed by atoms with van der Waals surface area (Å²) in [5.41, 5.74) is 0.540. The molecule has 0 aromatic heterocycles. The first-order valence-corrected chi connectivity index (χ1v) is 6.61. The molecule has 0 unspecified atom stereocenters. The van der Waals surface area contributed by atoms with Gasteiger partial charge >= 0.3 is 5.97 Å². The number of ether oxygens (including phenoxy) is 1. The lowest BCUT2D eigenvalue weighted by molar-refractivity contribution is -0.146. The molecule has 2 saturated heterocycles. The largest absolute Gasteiger partial charge is 0.456 e. The lowest BCUT2D eigenvalue weighted by Gasteiger charge is -2.44. The van der Waals surface area contributed by atoms with Crippen molar-refractivity contribution in [3.8, 4) is 0 Å². The molecule has 0 aromatic carbocycles. The van der Waals surface area contributed by atoms with Crippen molar-refractivity contribution in [1.82, 2.24) is 10.2 Å². The predicted octanol–water partition coefficient (Wildman–Crippen LogP) is 0.419. The lowest BCUT2D eigenvalue weighted by atomic mass is 9.72. The van der Waals surface area contributed by atoms with E-state index in [2.05, 4.69) is 5.32 Å². The number of nitrogens with one attached hydrogen (secondary N) is 1. The highest BCUT2D eigenvalue weighted by molar-refractivity contribution is 5.90. The van der Waals surface area contributed by atoms with Crippen molar-refractivity contribution < 1.29 is 14.3 Å². The van der Waals surface area contributed by atoms with E-state index in [-0.39, 0.29) is 23.9 Å². The number of hydrogen-bond donors (Lipinski definition) is 1. The van der Waals surface area contributed by atoms with E-state index in [1.54, 1.807) is 4.90 Å². The summed E-state index contributed by atoms with van der Waals surface area (Å²) in [6.07, 6.45) is 5.26. The molecule has 3 aliphatic rings. The van der Waals surface area contributed by atoms with Crippen LogP contribution in [0.5, 0.6) is 0 Å². The summed E-state index contributed by atoms with van der Waals surface area (Å²) in [5, 5.41) is 3.30. The van der Waals surface area contributed by atoms with Crippen LogP contribution in [0.4, 0.5) is 0 Å². The van der Waals surface area contributed by atoms with Crippen molar-refractivity contribution in [2.45, 2.75) is 25.7 Å². The number of hydrogen-bond acceptors (Lipinski definition) is 4. The Morgan fingerprint density at radius 1 is 1.22 bits per heavy atom. The molecule has 1 amide bonds. The van der Waals surface area contributed by atoms with E-state index in [4.69, 9.17) is 4.74 Å². The van der Waals surface area contributed by atoms with E-state index >= 15 is 0 Å². The van der Waals surface area contributed by atoms with Gasteiger partial charge in [-0.3, -0.25) is 4.79 Å². The van der Waals surface area contributed by atoms with E-state index in [9.17, 15) is 9.59 Å². The first-order valence-electron chi connectivity index (χ1n) is 6.61. The molecule has 5 heteroatoms. The van der Waals surface area contributed by atoms with E-state index in [1.807, 2.05) is 0 Å². The normalized spacial score (nSPS) is 27.3. The monoisotopic (exact) mass is 250 g/mol. The second-order valence-electron chi connectivity index (χ2n) is 5.33. The van der Waals surface area contributed by atoms with Crippen molar-refractivity contribution in [1.29, 1.82) is 0 Å². The third-order valence-corrected chi connectivity index (χ3v) is 4.29. The Bertz CT molecular complexity index is 405. The molecule has 0 bridgehead atoms. The SMILES string of the molecule is O=C1C=C(N2CCCC3(CCNCC3)C2=O)CO1. The Morgan fingerprint density at radius 3 is 2.67 bits per heavy atom. The number of nitrogens with zero attached hydrogens (tertiary/aromatic N) is 1. The van der Waals surface area contributed by atoms with Crippen LogP contribution in [-0.4, -0.2) is 43.0 Å². The number of likely N-dealkylation sites (tertiary alicyclic amines) is 1. The fraction of sp³-hybridized carbons (Fsp3) is 0.692. The third-order valence-electron chi connectivity index (χ3n) is 4.29. The van der Waals surface area contributed by atoms with E-state index in [0.717, 1.165) is 51.0 Å². The number of amides is 1. The minimum absolute atomic E-state index is 0.194. The van der Waals surface area contributed by atoms with Crippen molar-refractivity contribution in [3.05, 3.63) is 11.8 Å². The molecule has 5 nitrogen and oxygen atoms in total. The quantitative estimate of drug-likeness (QED) is 0.685. The van der Waals surface area contributed by atoms with Gasteiger partial charge in [0.15, 0.2) is 0 Å². The van der Waals surface area contributed by atoms with Gasteiger partial charge in [0.1, 0.15) is 6.61 Å². The van der Waals surface area contributed by atoms with Gasteiger partial charge in [-0.05, 0) is 38.8 Å². The first kappa shape index (κ1) is 11.7. The van der Waals surface area contributed by atoms with Crippen LogP contribution < -0.4 is 5.32 Å². The van der Waals surface area contributed by atoms with Crippen molar-refractivity contribution in [3.63, 3.8) is 0 Å². The molecule has 3 heterocycles. The molecule has 0 saturated carbocycles. The number of carbonyl (C=O) groups is 2. The van der Waals surface area contributed by atoms with Gasteiger partial charge in [0.05, 0.1) is 11.1 Å². The summed E-state index contributed by atoms with van der Waals surface area (Å²) in [7, 11) is 0. The number of cyclic esters (lactones) is 1. The van der Waals surface area contributed by atoms with Crippen LogP contribution in [0, 0.1) is 5.41 Å². The van der Waals surface area contributed by atoms with Gasteiger partial charge in [-0.25, -0.2) is 4.79 Å². The maximum atomic E-state index is 12.7. The molecule has 2 fully saturated rings. The molecule has 0 radical (unpaired) electrons. The number of carbonyl (C=O) groups excluding carboxylic acids is 2. The molecule has 0 aromatic rings. The third kappa shape index (κ3) is 1.82. The minimum atomic E-state index is -0.331. The maximum Gasteiger partial charge on any atom is 0.333 e. The molecular formula is C13H18N2O3. The van der Waals surface area contributed by atoms with Crippen LogP contribution >= 0.6 is 0 Å². The van der Waals surface area contributed by atoms with Gasteiger partial charge in [-0.1, -0.05) is 0 Å². The topological polar surface area (TPSA) is 58.6 Å². The molecule has 3 rings (SSSR count). The summed E-state index contributed by atoms with van der Waals surface area (Å²) in [6.45, 7) is 2.79. The second kappa shape index (κ2) is 4.39. The smallest absolute Gasteiger partial charge is 0.333 e. The summed E-state index contributed by atoms with van der Waals surface area (Å²) >= 11 is 0. The van der Waals surface area contributed by atoms with Gasteiger partial charge in [0.2, 0.25) is 5.91 Å². The summed E-state index contributed by atoms with van der Waals surface area (Å²) in [6, 6.07) is 0. The standard InChI is InChI=1S/C13H18N2O3/c16-11-8-10(9-18-11)15-7-1-2-13(12(15)17)3-5-14-6-4-13/h8,14H,1-7,9H2. The Hall–Kier alpha value is -1.36. The van der Waals surface area contributed by atoms with Gasteiger partial charge in [-0.15, -0.1) is 0 Å². The van der Waals surface area contributed by atoms with Crippen LogP contribution in [0.2, 0.25) is 0 Å². The summed E-state index contributed by atoms with van der Waals surface area (Å²) < 4.78 is 4.91. The summed E-state index contributed by atoms with van der Waals surface area (Å²) in [4.78, 5) is 25.6. The van der Waals surface area contributed by atoms with Gasteiger partial charge in [0, 0.05) is 12.6 Å². The van der Waals surface area contributed by atoms with Crippen LogP contribution in [0.25, 0.3) is 0 Å². The highest BCUT2D eigenvalue weighted by atomic mass is 16.5. The number of piperidine rings is 2. The molecule has 18 heavy (non-hydrogen) atoms. The zero-order valence-electron chi connectivity index (χ0n) is 10.4. The average Bonchev–Trinajstić information content (AvgIpc) is 2.81. The summed E-state index contributed by atoms with van der Waals surface area (Å²) in [5.74, 6) is -0.137. The fourth-order valence-electron chi connectivity index (χ4n) is 3.23. The van der Waals surface area contributed by atoms with Gasteiger partial charge in [-0.2, -0.15) is 0 Å². The first-order chi connectivity index (χ1) is 8.71. The Balaban J connectivity index is 1.82. The second-order valence-corrected chi connectivity index (χ2v) is 5.33. The van der Waals surface area contributed by atoms with E-state index in [1.165, 1.54) is 6.08 Å². The zero-order valence-corrected chi connectivity index (χ0v) is 10.4. The van der Waals surface area contributed by atoms with Crippen LogP contribution in [0.15, 0.2) is 11.8 Å². The van der Waals surface area contributed by atoms with Crippen molar-refractivity contribution in [2.24, 2.45) is 5.41 Å². The van der Waals surface area contributed by atoms with Gasteiger partial charge in [0.25, 0.3) is 0 Å². The Morgan fingerprint density at radius 2 is 2.00 bits per heavy atom. The van der Waals surface area contributed by atoms with Crippen molar-refractivity contribution in [2.75, 3.05) is 26.2 Å². The minimum Gasteiger partial charge on any atom is -0.456 e. The van der Waals surface area contributed by atoms with Crippen LogP contribution in [-0.2, 0) is 14.3 Å². The molecule has 98 valence electrons. The number of esters is 1. The predicted molar refractivity (Wildman–Crippen MR) is 64.5 cm³/mol. The molecule has 0 atom stereocenters. The molecule has 3 aliphatic heterocycles. The van der Waals surface area contributed by atoms with E-state index in [0.29, 0.717) is 0 Å². The highest BCUT2D eigenvalue weighted by Crippen LogP contribution is 2.40. The molecule has 1 N–H and O–H groups in total. The van der Waals surface area contributed by atoms with E-state index < -0.39 is 0 Å². The van der Waals surface area contributed by atoms with Gasteiger partial charge < -0.3 is 15.0 Å². The Kier molecular flexibility index (Phi) is 2.86. The van der Waals surface area contributed by atoms with Crippen LogP contribution in [0.1, 0.15) is 25.7 Å². The lowest BCUT2D eigenvalue weighted by Crippen LogP contribution is -2.52. The average molecular weight is 250 g/mol. The fourth-order valence-corrected chi connectivity index (χ4v) is 3.23. The Labute approximate surface area is 106 Å². The number of rotatable bonds is 1. The van der Waals surface area contributed by atoms with Crippen LogP contribution in [0.3, 0.4) is 0 Å². The molecule has 0 aliphatic carbocycles. The highest BCUT2D eigenvalue weighted by Gasteiger charge is 2.45. The maximum absolute atomic E-state index is 12.7.